The number of nitrogen functional groups attached to an aromatic ring is 1. The van der Waals surface area contributed by atoms with Gasteiger partial charge in [-0.2, -0.15) is 15.3 Å². The van der Waals surface area contributed by atoms with Crippen molar-refractivity contribution >= 4 is 19.5 Å². The molecule has 0 amide bonds. The SMILES string of the molecule is CC(C)OC(=O)[C@H](C)N[P@](=O)(OC[C@H]1O[C@@](C#N)(n2ccc(N)nc2=O)[C@](C)(O)[C@@H]1O)Oc1ccccc1. The number of rotatable bonds is 10. The summed E-state index contributed by atoms with van der Waals surface area (Å²) in [5.74, 6) is -0.717. The summed E-state index contributed by atoms with van der Waals surface area (Å²) < 4.78 is 36.2. The molecule has 0 bridgehead atoms. The summed E-state index contributed by atoms with van der Waals surface area (Å²) in [4.78, 5) is 28.3. The van der Waals surface area contributed by atoms with Crippen molar-refractivity contribution in [1.82, 2.24) is 14.6 Å². The zero-order valence-corrected chi connectivity index (χ0v) is 22.1. The van der Waals surface area contributed by atoms with Crippen LogP contribution in [0.3, 0.4) is 0 Å². The Morgan fingerprint density at radius 2 is 2.00 bits per heavy atom. The van der Waals surface area contributed by atoms with Crippen LogP contribution in [-0.2, 0) is 29.1 Å². The lowest BCUT2D eigenvalue weighted by Crippen LogP contribution is -2.57. The molecule has 0 saturated carbocycles. The van der Waals surface area contributed by atoms with Crippen molar-refractivity contribution in [2.45, 2.75) is 63.4 Å². The number of nitrogens with two attached hydrogens (primary N) is 1. The van der Waals surface area contributed by atoms with E-state index >= 15 is 0 Å². The summed E-state index contributed by atoms with van der Waals surface area (Å²) in [6.07, 6.45) is -2.64. The van der Waals surface area contributed by atoms with Crippen LogP contribution in [0.1, 0.15) is 27.7 Å². The van der Waals surface area contributed by atoms with E-state index in [2.05, 4.69) is 10.1 Å². The van der Waals surface area contributed by atoms with E-state index in [1.54, 1.807) is 38.1 Å². The number of anilines is 1. The summed E-state index contributed by atoms with van der Waals surface area (Å²) in [6.45, 7) is 5.08. The smallest absolute Gasteiger partial charge is 0.459 e. The molecule has 0 aliphatic carbocycles. The molecule has 2 aromatic rings. The van der Waals surface area contributed by atoms with Crippen LogP contribution in [0.2, 0.25) is 0 Å². The molecule has 6 atom stereocenters. The third kappa shape index (κ3) is 5.88. The van der Waals surface area contributed by atoms with Gasteiger partial charge < -0.3 is 29.9 Å². The van der Waals surface area contributed by atoms with Crippen LogP contribution in [0.5, 0.6) is 5.75 Å². The number of aliphatic hydroxyl groups excluding tert-OH is 1. The van der Waals surface area contributed by atoms with Crippen molar-refractivity contribution in [2.75, 3.05) is 12.3 Å². The second-order valence-corrected chi connectivity index (χ2v) is 10.7. The maximum Gasteiger partial charge on any atom is 0.459 e. The monoisotopic (exact) mass is 551 g/mol. The van der Waals surface area contributed by atoms with Crippen LogP contribution >= 0.6 is 7.75 Å². The molecule has 2 heterocycles. The third-order valence-electron chi connectivity index (χ3n) is 5.69. The van der Waals surface area contributed by atoms with Crippen molar-refractivity contribution < 1.29 is 38.1 Å². The van der Waals surface area contributed by atoms with E-state index < -0.39 is 61.7 Å². The van der Waals surface area contributed by atoms with Gasteiger partial charge in [0.15, 0.2) is 5.60 Å². The first-order chi connectivity index (χ1) is 17.7. The lowest BCUT2D eigenvalue weighted by atomic mass is 9.88. The number of ether oxygens (including phenoxy) is 2. The third-order valence-corrected chi connectivity index (χ3v) is 7.33. The molecule has 5 N–H and O–H groups in total. The fraction of sp³-hybridized carbons (Fsp3) is 0.478. The lowest BCUT2D eigenvalue weighted by Gasteiger charge is -2.34. The highest BCUT2D eigenvalue weighted by atomic mass is 31.2. The molecule has 1 aliphatic rings. The first kappa shape index (κ1) is 29.2. The van der Waals surface area contributed by atoms with Crippen molar-refractivity contribution in [2.24, 2.45) is 0 Å². The van der Waals surface area contributed by atoms with Crippen LogP contribution in [0, 0.1) is 11.3 Å². The van der Waals surface area contributed by atoms with E-state index in [-0.39, 0.29) is 11.6 Å². The number of esters is 1. The average molecular weight is 551 g/mol. The Morgan fingerprint density at radius 1 is 1.34 bits per heavy atom. The van der Waals surface area contributed by atoms with Gasteiger partial charge in [0.1, 0.15) is 35.9 Å². The molecule has 1 aromatic heterocycles. The van der Waals surface area contributed by atoms with Crippen molar-refractivity contribution in [3.8, 4) is 11.8 Å². The normalized spacial score (nSPS) is 27.3. The Kier molecular flexibility index (Phi) is 8.62. The number of aromatic nitrogens is 2. The minimum atomic E-state index is -4.36. The minimum Gasteiger partial charge on any atom is -0.462 e. The molecular weight excluding hydrogens is 521 g/mol. The van der Waals surface area contributed by atoms with Crippen LogP contribution in [-0.4, -0.2) is 62.3 Å². The Labute approximate surface area is 218 Å². The summed E-state index contributed by atoms with van der Waals surface area (Å²) in [6, 6.07) is 9.75. The Hall–Kier alpha value is -3.31. The molecule has 0 spiro atoms. The largest absolute Gasteiger partial charge is 0.462 e. The summed E-state index contributed by atoms with van der Waals surface area (Å²) >= 11 is 0. The maximum atomic E-state index is 13.7. The number of nitrogens with zero attached hydrogens (tertiary/aromatic N) is 3. The van der Waals surface area contributed by atoms with E-state index in [0.29, 0.717) is 4.57 Å². The van der Waals surface area contributed by atoms with Crippen molar-refractivity contribution in [1.29, 1.82) is 5.26 Å². The number of nitriles is 1. The topological polar surface area (TPSA) is 208 Å². The molecule has 1 saturated heterocycles. The highest BCUT2D eigenvalue weighted by Gasteiger charge is 2.65. The highest BCUT2D eigenvalue weighted by Crippen LogP contribution is 2.48. The molecule has 3 rings (SSSR count). The van der Waals surface area contributed by atoms with Gasteiger partial charge in [-0.15, -0.1) is 0 Å². The van der Waals surface area contributed by atoms with Crippen LogP contribution in [0.15, 0.2) is 47.4 Å². The van der Waals surface area contributed by atoms with Gasteiger partial charge in [-0.05, 0) is 45.9 Å². The fourth-order valence-electron chi connectivity index (χ4n) is 3.75. The number of para-hydroxylation sites is 1. The molecule has 14 nitrogen and oxygen atoms in total. The predicted octanol–water partition coefficient (Wildman–Crippen LogP) is 0.646. The zero-order valence-electron chi connectivity index (χ0n) is 21.2. The molecular formula is C23H30N5O9P. The quantitative estimate of drug-likeness (QED) is 0.236. The predicted molar refractivity (Wildman–Crippen MR) is 132 cm³/mol. The van der Waals surface area contributed by atoms with Gasteiger partial charge in [-0.3, -0.25) is 13.9 Å². The Morgan fingerprint density at radius 3 is 2.58 bits per heavy atom. The van der Waals surface area contributed by atoms with Gasteiger partial charge in [0.2, 0.25) is 0 Å². The van der Waals surface area contributed by atoms with E-state index in [9.17, 15) is 29.6 Å². The van der Waals surface area contributed by atoms with Crippen LogP contribution in [0.4, 0.5) is 5.82 Å². The molecule has 1 aromatic carbocycles. The second-order valence-electron chi connectivity index (χ2n) is 9.04. The van der Waals surface area contributed by atoms with Gasteiger partial charge in [0.25, 0.3) is 5.72 Å². The zero-order chi connectivity index (χ0) is 28.3. The first-order valence-electron chi connectivity index (χ1n) is 11.6. The molecule has 0 radical (unpaired) electrons. The van der Waals surface area contributed by atoms with E-state index in [1.807, 2.05) is 0 Å². The molecule has 0 unspecified atom stereocenters. The molecule has 38 heavy (non-hydrogen) atoms. The number of benzene rings is 1. The molecule has 15 heteroatoms. The minimum absolute atomic E-state index is 0.132. The lowest BCUT2D eigenvalue weighted by molar-refractivity contribution is -0.151. The number of hydrogen-bond donors (Lipinski definition) is 4. The van der Waals surface area contributed by atoms with Crippen LogP contribution in [0.25, 0.3) is 0 Å². The number of nitrogens with one attached hydrogen (secondary N) is 1. The highest BCUT2D eigenvalue weighted by molar-refractivity contribution is 7.52. The van der Waals surface area contributed by atoms with Gasteiger partial charge in [-0.25, -0.2) is 9.36 Å². The Balaban J connectivity index is 1.88. The first-order valence-corrected chi connectivity index (χ1v) is 13.1. The van der Waals surface area contributed by atoms with E-state index in [0.717, 1.165) is 13.1 Å². The average Bonchev–Trinajstić information content (AvgIpc) is 3.03. The molecule has 206 valence electrons. The standard InChI is InChI=1S/C23H30N5O9P/c1-14(2)35-20(30)15(3)27-38(33,37-16-8-6-5-7-9-16)34-12-17-19(29)22(4,32)23(13-24,36-17)28-11-10-18(25)26-21(28)31/h5-11,14-15,17,19,29,32H,12H2,1-4H3,(H,27,33)(H2,25,26,31)/t15-,17+,19+,22+,23+,38-/m0/s1. The van der Waals surface area contributed by atoms with E-state index in [4.69, 9.17) is 24.3 Å². The second kappa shape index (κ2) is 11.2. The van der Waals surface area contributed by atoms with Gasteiger partial charge in [0, 0.05) is 6.20 Å². The number of carbonyl (C=O) groups excluding carboxylic acids is 1. The molecule has 1 fully saturated rings. The van der Waals surface area contributed by atoms with E-state index in [1.165, 1.54) is 25.1 Å². The fourth-order valence-corrected chi connectivity index (χ4v) is 5.25. The van der Waals surface area contributed by atoms with Crippen LogP contribution < -0.4 is 21.0 Å². The Bertz CT molecular complexity index is 1300. The summed E-state index contributed by atoms with van der Waals surface area (Å²) in [5.41, 5.74) is -0.299. The van der Waals surface area contributed by atoms with Crippen molar-refractivity contribution in [3.63, 3.8) is 0 Å². The molecule has 1 aliphatic heterocycles. The number of hydrogen-bond acceptors (Lipinski definition) is 12. The summed E-state index contributed by atoms with van der Waals surface area (Å²) in [7, 11) is -4.36. The van der Waals surface area contributed by atoms with Gasteiger partial charge >= 0.3 is 19.4 Å². The van der Waals surface area contributed by atoms with Crippen molar-refractivity contribution in [3.05, 3.63) is 53.1 Å². The number of aliphatic hydroxyl groups is 2. The van der Waals surface area contributed by atoms with Gasteiger partial charge in [-0.1, -0.05) is 18.2 Å². The van der Waals surface area contributed by atoms with Gasteiger partial charge in [0.05, 0.1) is 12.7 Å². The number of carbonyl (C=O) groups is 1. The maximum absolute atomic E-state index is 13.7. The summed E-state index contributed by atoms with van der Waals surface area (Å²) in [5, 5.41) is 34.4.